The molecule has 0 bridgehead atoms. The van der Waals surface area contributed by atoms with Gasteiger partial charge in [0.1, 0.15) is 41.5 Å². The second-order valence-corrected chi connectivity index (χ2v) is 8.14. The average Bonchev–Trinajstić information content (AvgIpc) is 3.29. The van der Waals surface area contributed by atoms with Crippen LogP contribution in [0.5, 0.6) is 17.2 Å². The Hall–Kier alpha value is -4.11. The second-order valence-electron chi connectivity index (χ2n) is 8.14. The highest BCUT2D eigenvalue weighted by atomic mass is 19.1. The van der Waals surface area contributed by atoms with Gasteiger partial charge in [-0.15, -0.1) is 0 Å². The van der Waals surface area contributed by atoms with E-state index in [1.807, 2.05) is 0 Å². The molecule has 1 aromatic heterocycles. The van der Waals surface area contributed by atoms with Crippen molar-refractivity contribution in [2.45, 2.75) is 13.0 Å². The number of anilines is 1. The van der Waals surface area contributed by atoms with Crippen LogP contribution in [0.15, 0.2) is 54.7 Å². The highest BCUT2D eigenvalue weighted by molar-refractivity contribution is 6.12. The standard InChI is InChI=1S/C27H26F2N2O5/c1-15-8-17(29)9-22-23(14-30-25(15)22)27(33)26(21-5-4-16(28)10-24(21)35-3)31-18-11-19(34-2)13-20(12-18)36-7-6-32/h4-5,8-14,26,30-32H,6-7H2,1-3H3. The Kier molecular flexibility index (Phi) is 7.40. The average molecular weight is 497 g/mol. The Morgan fingerprint density at radius 1 is 1.03 bits per heavy atom. The largest absolute Gasteiger partial charge is 0.497 e. The molecule has 3 aromatic carbocycles. The van der Waals surface area contributed by atoms with Crippen molar-refractivity contribution in [2.24, 2.45) is 0 Å². The molecule has 0 aliphatic rings. The predicted molar refractivity (Wildman–Crippen MR) is 132 cm³/mol. The number of aryl methyl sites for hydroxylation is 1. The summed E-state index contributed by atoms with van der Waals surface area (Å²) in [6.07, 6.45) is 1.53. The van der Waals surface area contributed by atoms with E-state index in [1.54, 1.807) is 25.1 Å². The molecule has 4 rings (SSSR count). The first-order chi connectivity index (χ1) is 17.3. The number of methoxy groups -OCH3 is 2. The summed E-state index contributed by atoms with van der Waals surface area (Å²) in [7, 11) is 2.88. The number of Topliss-reactive ketones (excluding diaryl/α,β-unsaturated/α-hetero) is 1. The molecule has 1 unspecified atom stereocenters. The molecule has 0 fully saturated rings. The molecule has 1 heterocycles. The van der Waals surface area contributed by atoms with Gasteiger partial charge in [-0.05, 0) is 36.8 Å². The van der Waals surface area contributed by atoms with Crippen LogP contribution in [0.4, 0.5) is 14.5 Å². The van der Waals surface area contributed by atoms with Gasteiger partial charge in [-0.25, -0.2) is 8.78 Å². The van der Waals surface area contributed by atoms with Crippen molar-refractivity contribution >= 4 is 22.4 Å². The Morgan fingerprint density at radius 2 is 1.81 bits per heavy atom. The number of carbonyl (C=O) groups excluding carboxylic acids is 1. The molecule has 0 saturated carbocycles. The van der Waals surface area contributed by atoms with Gasteiger partial charge in [0.2, 0.25) is 0 Å². The van der Waals surface area contributed by atoms with Gasteiger partial charge in [0.25, 0.3) is 0 Å². The van der Waals surface area contributed by atoms with Gasteiger partial charge in [0.15, 0.2) is 5.78 Å². The number of H-pyrrole nitrogens is 1. The number of aliphatic hydroxyl groups excluding tert-OH is 1. The predicted octanol–water partition coefficient (Wildman–Crippen LogP) is 5.18. The molecule has 0 aliphatic heterocycles. The summed E-state index contributed by atoms with van der Waals surface area (Å²) < 4.78 is 44.5. The number of aromatic amines is 1. The van der Waals surface area contributed by atoms with Crippen LogP contribution in [-0.2, 0) is 0 Å². The van der Waals surface area contributed by atoms with Crippen molar-refractivity contribution < 1.29 is 32.9 Å². The molecule has 36 heavy (non-hydrogen) atoms. The lowest BCUT2D eigenvalue weighted by Gasteiger charge is -2.22. The van der Waals surface area contributed by atoms with E-state index in [1.165, 1.54) is 50.7 Å². The number of halogens is 2. The van der Waals surface area contributed by atoms with Gasteiger partial charge in [-0.2, -0.15) is 0 Å². The highest BCUT2D eigenvalue weighted by Gasteiger charge is 2.28. The van der Waals surface area contributed by atoms with Crippen molar-refractivity contribution in [3.05, 3.63) is 83.1 Å². The minimum absolute atomic E-state index is 0.0704. The van der Waals surface area contributed by atoms with Crippen LogP contribution < -0.4 is 19.5 Å². The van der Waals surface area contributed by atoms with Crippen molar-refractivity contribution in [3.8, 4) is 17.2 Å². The first-order valence-electron chi connectivity index (χ1n) is 11.2. The highest BCUT2D eigenvalue weighted by Crippen LogP contribution is 2.36. The number of hydrogen-bond donors (Lipinski definition) is 3. The number of benzene rings is 3. The van der Waals surface area contributed by atoms with Gasteiger partial charge >= 0.3 is 0 Å². The molecule has 0 spiro atoms. The third kappa shape index (κ3) is 5.11. The minimum atomic E-state index is -1.04. The van der Waals surface area contributed by atoms with E-state index in [-0.39, 0.29) is 24.5 Å². The second kappa shape index (κ2) is 10.7. The maximum atomic E-state index is 14.2. The molecule has 9 heteroatoms. The summed E-state index contributed by atoms with van der Waals surface area (Å²) in [5.74, 6) is -0.342. The Morgan fingerprint density at radius 3 is 2.53 bits per heavy atom. The van der Waals surface area contributed by atoms with Crippen molar-refractivity contribution in [2.75, 3.05) is 32.8 Å². The molecular weight excluding hydrogens is 470 g/mol. The number of carbonyl (C=O) groups is 1. The fourth-order valence-corrected chi connectivity index (χ4v) is 4.12. The lowest BCUT2D eigenvalue weighted by molar-refractivity contribution is 0.0970. The SMILES string of the molecule is COc1cc(NC(C(=O)c2c[nH]c3c(C)cc(F)cc23)c2ccc(F)cc2OC)cc(OCCO)c1. The number of fused-ring (bicyclic) bond motifs is 1. The van der Waals surface area contributed by atoms with Gasteiger partial charge in [0, 0.05) is 58.2 Å². The topological polar surface area (TPSA) is 92.8 Å². The molecule has 4 aromatic rings. The molecule has 0 aliphatic carbocycles. The molecular formula is C27H26F2N2O5. The number of aromatic nitrogens is 1. The van der Waals surface area contributed by atoms with E-state index >= 15 is 0 Å². The minimum Gasteiger partial charge on any atom is -0.497 e. The quantitative estimate of drug-likeness (QED) is 0.262. The smallest absolute Gasteiger partial charge is 0.191 e. The molecule has 3 N–H and O–H groups in total. The summed E-state index contributed by atoms with van der Waals surface area (Å²) in [5.41, 5.74) is 2.41. The first kappa shape index (κ1) is 25.0. The summed E-state index contributed by atoms with van der Waals surface area (Å²) in [6.45, 7) is 1.64. The number of ether oxygens (including phenoxy) is 3. The number of rotatable bonds is 10. The Bertz CT molecular complexity index is 1400. The van der Waals surface area contributed by atoms with Crippen molar-refractivity contribution in [3.63, 3.8) is 0 Å². The number of nitrogens with one attached hydrogen (secondary N) is 2. The van der Waals surface area contributed by atoms with Crippen LogP contribution in [0.2, 0.25) is 0 Å². The molecule has 0 saturated heterocycles. The van der Waals surface area contributed by atoms with Crippen LogP contribution in [0.25, 0.3) is 10.9 Å². The maximum Gasteiger partial charge on any atom is 0.191 e. The third-order valence-corrected chi connectivity index (χ3v) is 5.77. The fraction of sp³-hybridized carbons (Fsp3) is 0.222. The Balaban J connectivity index is 1.83. The zero-order valence-electron chi connectivity index (χ0n) is 20.0. The molecule has 7 nitrogen and oxygen atoms in total. The number of hydrogen-bond acceptors (Lipinski definition) is 6. The van der Waals surface area contributed by atoms with E-state index in [0.29, 0.717) is 39.2 Å². The summed E-state index contributed by atoms with van der Waals surface area (Å²) in [6, 6.07) is 10.5. The summed E-state index contributed by atoms with van der Waals surface area (Å²) in [5, 5.41) is 12.7. The van der Waals surface area contributed by atoms with Gasteiger partial charge in [0.05, 0.1) is 20.8 Å². The van der Waals surface area contributed by atoms with Gasteiger partial charge < -0.3 is 29.6 Å². The molecule has 1 atom stereocenters. The van der Waals surface area contributed by atoms with Crippen LogP contribution >= 0.6 is 0 Å². The van der Waals surface area contributed by atoms with E-state index in [2.05, 4.69) is 10.3 Å². The summed E-state index contributed by atoms with van der Waals surface area (Å²) in [4.78, 5) is 17.0. The zero-order valence-corrected chi connectivity index (χ0v) is 20.0. The number of ketones is 1. The van der Waals surface area contributed by atoms with Crippen LogP contribution in [0.1, 0.15) is 27.5 Å². The van der Waals surface area contributed by atoms with Crippen LogP contribution in [-0.4, -0.2) is 43.3 Å². The normalized spacial score (nSPS) is 11.8. The van der Waals surface area contributed by atoms with E-state index in [4.69, 9.17) is 19.3 Å². The lowest BCUT2D eigenvalue weighted by atomic mass is 9.95. The van der Waals surface area contributed by atoms with Gasteiger partial charge in [-0.3, -0.25) is 4.79 Å². The van der Waals surface area contributed by atoms with Crippen LogP contribution in [0, 0.1) is 18.6 Å². The van der Waals surface area contributed by atoms with Gasteiger partial charge in [-0.1, -0.05) is 0 Å². The Labute approximate surface area is 206 Å². The monoisotopic (exact) mass is 496 g/mol. The lowest BCUT2D eigenvalue weighted by Crippen LogP contribution is -2.22. The molecule has 0 radical (unpaired) electrons. The van der Waals surface area contributed by atoms with Crippen LogP contribution in [0.3, 0.4) is 0 Å². The summed E-state index contributed by atoms with van der Waals surface area (Å²) >= 11 is 0. The molecule has 188 valence electrons. The molecule has 0 amide bonds. The van der Waals surface area contributed by atoms with Crippen molar-refractivity contribution in [1.29, 1.82) is 0 Å². The van der Waals surface area contributed by atoms with E-state index in [9.17, 15) is 13.6 Å². The number of aliphatic hydroxyl groups is 1. The fourth-order valence-electron chi connectivity index (χ4n) is 4.12. The van der Waals surface area contributed by atoms with E-state index in [0.717, 1.165) is 0 Å². The maximum absolute atomic E-state index is 14.2. The van der Waals surface area contributed by atoms with E-state index < -0.39 is 23.5 Å². The zero-order chi connectivity index (χ0) is 25.8. The van der Waals surface area contributed by atoms with Crippen molar-refractivity contribution in [1.82, 2.24) is 4.98 Å². The first-order valence-corrected chi connectivity index (χ1v) is 11.2. The third-order valence-electron chi connectivity index (χ3n) is 5.77.